The fourth-order valence-electron chi connectivity index (χ4n) is 3.30. The Hall–Kier alpha value is -3.25. The van der Waals surface area contributed by atoms with Gasteiger partial charge in [0.25, 0.3) is 5.91 Å². The number of carbonyl (C=O) groups excluding carboxylic acids is 1. The monoisotopic (exact) mass is 375 g/mol. The van der Waals surface area contributed by atoms with E-state index in [-0.39, 0.29) is 17.8 Å². The van der Waals surface area contributed by atoms with E-state index in [0.717, 1.165) is 5.75 Å². The Balaban J connectivity index is 1.48. The maximum Gasteiger partial charge on any atom is 0.286 e. The van der Waals surface area contributed by atoms with Crippen molar-refractivity contribution in [1.29, 1.82) is 0 Å². The van der Waals surface area contributed by atoms with Gasteiger partial charge in [0.05, 0.1) is 24.3 Å². The van der Waals surface area contributed by atoms with Crippen molar-refractivity contribution in [2.24, 2.45) is 5.73 Å². The summed E-state index contributed by atoms with van der Waals surface area (Å²) < 4.78 is 11.4. The first-order valence-electron chi connectivity index (χ1n) is 9.07. The summed E-state index contributed by atoms with van der Waals surface area (Å²) in [6, 6.07) is 18.3. The molecular formula is C22H21N3O3. The summed E-state index contributed by atoms with van der Waals surface area (Å²) in [5, 5.41) is 0. The Bertz CT molecular complexity index is 981. The van der Waals surface area contributed by atoms with Gasteiger partial charge in [0.1, 0.15) is 12.4 Å². The largest absolute Gasteiger partial charge is 0.487 e. The molecule has 2 N–H and O–H groups in total. The van der Waals surface area contributed by atoms with Gasteiger partial charge in [0.2, 0.25) is 5.82 Å². The second-order valence-electron chi connectivity index (χ2n) is 6.99. The molecule has 142 valence electrons. The van der Waals surface area contributed by atoms with Gasteiger partial charge in [-0.05, 0) is 36.2 Å². The van der Waals surface area contributed by atoms with Gasteiger partial charge in [-0.3, -0.25) is 4.79 Å². The van der Waals surface area contributed by atoms with Gasteiger partial charge >= 0.3 is 0 Å². The highest BCUT2D eigenvalue weighted by atomic mass is 16.5. The van der Waals surface area contributed by atoms with Crippen molar-refractivity contribution >= 4 is 5.91 Å². The van der Waals surface area contributed by atoms with E-state index in [9.17, 15) is 4.79 Å². The number of carbonyl (C=O) groups is 1. The highest BCUT2D eigenvalue weighted by Gasteiger charge is 2.41. The molecule has 0 radical (unpaired) electrons. The molecule has 1 amide bonds. The molecular weight excluding hydrogens is 354 g/mol. The maximum absolute atomic E-state index is 11.2. The molecule has 0 bridgehead atoms. The van der Waals surface area contributed by atoms with E-state index in [2.05, 4.69) is 53.3 Å². The molecule has 0 atom stereocenters. The number of hydrogen-bond acceptors (Lipinski definition) is 5. The number of ether oxygens (including phenoxy) is 2. The molecule has 6 heteroatoms. The van der Waals surface area contributed by atoms with E-state index in [1.165, 1.54) is 22.9 Å². The minimum atomic E-state index is -0.657. The van der Waals surface area contributed by atoms with Crippen LogP contribution < -0.4 is 10.5 Å². The lowest BCUT2D eigenvalue weighted by Crippen LogP contribution is -2.47. The minimum Gasteiger partial charge on any atom is -0.487 e. The van der Waals surface area contributed by atoms with Gasteiger partial charge in [-0.15, -0.1) is 0 Å². The number of nitrogens with zero attached hydrogens (tertiary/aromatic N) is 2. The first-order chi connectivity index (χ1) is 13.6. The molecule has 1 saturated heterocycles. The normalized spacial score (nSPS) is 14.9. The lowest BCUT2D eigenvalue weighted by atomic mass is 9.73. The van der Waals surface area contributed by atoms with Crippen LogP contribution in [-0.4, -0.2) is 29.1 Å². The molecule has 0 spiro atoms. The Kier molecular flexibility index (Phi) is 4.79. The fourth-order valence-corrected chi connectivity index (χ4v) is 3.30. The molecule has 4 rings (SSSR count). The number of nitrogens with two attached hydrogens (primary N) is 1. The van der Waals surface area contributed by atoms with Crippen molar-refractivity contribution in [3.8, 4) is 5.75 Å². The van der Waals surface area contributed by atoms with Crippen LogP contribution in [0.2, 0.25) is 0 Å². The van der Waals surface area contributed by atoms with Crippen LogP contribution >= 0.6 is 0 Å². The van der Waals surface area contributed by atoms with Gasteiger partial charge in [-0.2, -0.15) is 0 Å². The molecule has 0 aliphatic carbocycles. The lowest BCUT2D eigenvalue weighted by molar-refractivity contribution is -0.0380. The smallest absolute Gasteiger partial charge is 0.286 e. The summed E-state index contributed by atoms with van der Waals surface area (Å²) in [7, 11) is 0. The van der Waals surface area contributed by atoms with Crippen LogP contribution in [0.1, 0.15) is 33.0 Å². The first kappa shape index (κ1) is 18.1. The lowest BCUT2D eigenvalue weighted by Gasteiger charge is -2.42. The van der Waals surface area contributed by atoms with Gasteiger partial charge in [0, 0.05) is 6.20 Å². The number of aromatic nitrogens is 2. The van der Waals surface area contributed by atoms with Crippen LogP contribution in [0.15, 0.2) is 60.8 Å². The Morgan fingerprint density at radius 1 is 1.07 bits per heavy atom. The Labute approximate surface area is 163 Å². The van der Waals surface area contributed by atoms with E-state index in [4.69, 9.17) is 15.2 Å². The second-order valence-corrected chi connectivity index (χ2v) is 6.99. The summed E-state index contributed by atoms with van der Waals surface area (Å²) in [5.41, 5.74) is 9.41. The number of aryl methyl sites for hydroxylation is 1. The summed E-state index contributed by atoms with van der Waals surface area (Å²) in [6.07, 6.45) is 1.50. The first-order valence-corrected chi connectivity index (χ1v) is 9.07. The van der Waals surface area contributed by atoms with E-state index in [1.807, 2.05) is 12.1 Å². The molecule has 0 unspecified atom stereocenters. The zero-order valence-corrected chi connectivity index (χ0v) is 15.6. The zero-order chi connectivity index (χ0) is 19.6. The molecule has 1 fully saturated rings. The van der Waals surface area contributed by atoms with Crippen molar-refractivity contribution in [2.45, 2.75) is 18.9 Å². The molecule has 1 aliphatic heterocycles. The number of amides is 1. The molecule has 0 saturated carbocycles. The van der Waals surface area contributed by atoms with Gasteiger partial charge in [0.15, 0.2) is 0 Å². The third-order valence-electron chi connectivity index (χ3n) is 5.03. The topological polar surface area (TPSA) is 87.3 Å². The van der Waals surface area contributed by atoms with Crippen LogP contribution in [0.25, 0.3) is 0 Å². The Morgan fingerprint density at radius 2 is 1.71 bits per heavy atom. The molecule has 3 aromatic rings. The van der Waals surface area contributed by atoms with Crippen LogP contribution in [0, 0.1) is 6.92 Å². The summed E-state index contributed by atoms with van der Waals surface area (Å²) in [4.78, 5) is 19.1. The van der Waals surface area contributed by atoms with Crippen LogP contribution in [-0.2, 0) is 16.8 Å². The molecule has 6 nitrogen and oxygen atoms in total. The average Bonchev–Trinajstić information content (AvgIpc) is 2.68. The van der Waals surface area contributed by atoms with Gasteiger partial charge < -0.3 is 15.2 Å². The van der Waals surface area contributed by atoms with E-state index < -0.39 is 5.91 Å². The van der Waals surface area contributed by atoms with E-state index >= 15 is 0 Å². The quantitative estimate of drug-likeness (QED) is 0.716. The summed E-state index contributed by atoms with van der Waals surface area (Å²) >= 11 is 0. The molecule has 28 heavy (non-hydrogen) atoms. The van der Waals surface area contributed by atoms with Crippen molar-refractivity contribution in [3.05, 3.63) is 89.0 Å². The van der Waals surface area contributed by atoms with Crippen molar-refractivity contribution in [3.63, 3.8) is 0 Å². The SMILES string of the molecule is Cc1ccc(C2(c3ccc(OCc4ccnc(C(N)=O)n4)cc3)COC2)cc1. The Morgan fingerprint density at radius 3 is 2.29 bits per heavy atom. The third kappa shape index (κ3) is 3.46. The maximum atomic E-state index is 11.2. The standard InChI is InChI=1S/C22H21N3O3/c1-15-2-4-16(5-3-15)22(13-27-14-22)17-6-8-19(9-7-17)28-12-18-10-11-24-21(25-18)20(23)26/h2-11H,12-14H2,1H3,(H2,23,26). The number of primary amides is 1. The van der Waals surface area contributed by atoms with Crippen LogP contribution in [0.4, 0.5) is 0 Å². The van der Waals surface area contributed by atoms with Gasteiger partial charge in [-0.1, -0.05) is 42.0 Å². The van der Waals surface area contributed by atoms with Crippen molar-refractivity contribution in [2.75, 3.05) is 13.2 Å². The predicted octanol–water partition coefficient (Wildman–Crippen LogP) is 2.78. The van der Waals surface area contributed by atoms with E-state index in [0.29, 0.717) is 18.9 Å². The van der Waals surface area contributed by atoms with Crippen LogP contribution in [0.3, 0.4) is 0 Å². The summed E-state index contributed by atoms with van der Waals surface area (Å²) in [6.45, 7) is 3.67. The molecule has 2 aromatic carbocycles. The minimum absolute atomic E-state index is 0.0125. The fraction of sp³-hybridized carbons (Fsp3) is 0.227. The third-order valence-corrected chi connectivity index (χ3v) is 5.03. The highest BCUT2D eigenvalue weighted by molar-refractivity contribution is 5.88. The molecule has 1 aromatic heterocycles. The van der Waals surface area contributed by atoms with Crippen molar-refractivity contribution in [1.82, 2.24) is 9.97 Å². The van der Waals surface area contributed by atoms with E-state index in [1.54, 1.807) is 6.07 Å². The number of benzene rings is 2. The zero-order valence-electron chi connectivity index (χ0n) is 15.6. The number of hydrogen-bond donors (Lipinski definition) is 1. The van der Waals surface area contributed by atoms with Crippen molar-refractivity contribution < 1.29 is 14.3 Å². The average molecular weight is 375 g/mol. The molecule has 2 heterocycles. The second kappa shape index (κ2) is 7.40. The summed E-state index contributed by atoms with van der Waals surface area (Å²) in [5.74, 6) is 0.0547. The molecule has 1 aliphatic rings. The van der Waals surface area contributed by atoms with Gasteiger partial charge in [-0.25, -0.2) is 9.97 Å². The van der Waals surface area contributed by atoms with Crippen LogP contribution in [0.5, 0.6) is 5.75 Å². The predicted molar refractivity (Wildman–Crippen MR) is 104 cm³/mol. The number of rotatable bonds is 6. The highest BCUT2D eigenvalue weighted by Crippen LogP contribution is 2.39.